The van der Waals surface area contributed by atoms with E-state index < -0.39 is 11.6 Å². The number of hydrogen-bond acceptors (Lipinski definition) is 3. The third-order valence-corrected chi connectivity index (χ3v) is 3.57. The van der Waals surface area contributed by atoms with Crippen LogP contribution in [0.2, 0.25) is 0 Å². The lowest BCUT2D eigenvalue weighted by atomic mass is 10.2. The summed E-state index contributed by atoms with van der Waals surface area (Å²) in [6.07, 6.45) is 0. The number of rotatable bonds is 5. The van der Waals surface area contributed by atoms with Crippen molar-refractivity contribution in [2.75, 3.05) is 12.4 Å². The number of benzene rings is 1. The normalized spacial score (nSPS) is 10.2. The van der Waals surface area contributed by atoms with Gasteiger partial charge in [-0.3, -0.25) is 9.59 Å². The lowest BCUT2D eigenvalue weighted by Gasteiger charge is -2.13. The molecule has 0 saturated carbocycles. The van der Waals surface area contributed by atoms with Crippen LogP contribution >= 0.6 is 0 Å². The first kappa shape index (κ1) is 18.2. The molecule has 132 valence electrons. The number of aromatic nitrogens is 1. The molecule has 3 amide bonds. The number of nitrogens with zero attached hydrogens (tertiary/aromatic N) is 1. The predicted molar refractivity (Wildman–Crippen MR) is 91.8 cm³/mol. The molecule has 2 aromatic rings. The molecule has 0 aliphatic carbocycles. The zero-order valence-electron chi connectivity index (χ0n) is 13.9. The molecule has 2 rings (SSSR count). The molecule has 0 bridgehead atoms. The van der Waals surface area contributed by atoms with Crippen LogP contribution in [0.3, 0.4) is 0 Å². The monoisotopic (exact) mass is 346 g/mol. The highest BCUT2D eigenvalue weighted by Crippen LogP contribution is 2.04. The van der Waals surface area contributed by atoms with Crippen molar-refractivity contribution < 1.29 is 14.0 Å². The second-order valence-corrected chi connectivity index (χ2v) is 5.39. The Labute approximate surface area is 143 Å². The number of carbonyl (C=O) groups is 2. The van der Waals surface area contributed by atoms with Crippen LogP contribution in [-0.2, 0) is 17.9 Å². The molecule has 0 atom stereocenters. The highest BCUT2D eigenvalue weighted by molar-refractivity contribution is 5.88. The Morgan fingerprint density at radius 3 is 2.44 bits per heavy atom. The summed E-state index contributed by atoms with van der Waals surface area (Å²) in [4.78, 5) is 35.8. The fourth-order valence-electron chi connectivity index (χ4n) is 2.15. The van der Waals surface area contributed by atoms with E-state index in [0.717, 1.165) is 5.56 Å². The summed E-state index contributed by atoms with van der Waals surface area (Å²) in [6.45, 7) is 1.73. The molecule has 1 heterocycles. The van der Waals surface area contributed by atoms with Gasteiger partial charge in [-0.15, -0.1) is 0 Å². The molecule has 8 heteroatoms. The molecule has 0 spiro atoms. The molecular weight excluding hydrogens is 327 g/mol. The second kappa shape index (κ2) is 8.09. The molecule has 3 N–H and O–H groups in total. The lowest BCUT2D eigenvalue weighted by molar-refractivity contribution is -0.121. The van der Waals surface area contributed by atoms with Gasteiger partial charge >= 0.3 is 6.03 Å². The third kappa shape index (κ3) is 4.90. The van der Waals surface area contributed by atoms with Crippen molar-refractivity contribution in [3.63, 3.8) is 0 Å². The van der Waals surface area contributed by atoms with Crippen molar-refractivity contribution in [1.29, 1.82) is 0 Å². The highest BCUT2D eigenvalue weighted by atomic mass is 19.1. The fraction of sp³-hybridized carbons (Fsp3) is 0.235. The van der Waals surface area contributed by atoms with E-state index in [1.807, 2.05) is 0 Å². The van der Waals surface area contributed by atoms with Gasteiger partial charge in [-0.2, -0.15) is 0 Å². The molecular formula is C17H19FN4O3. The van der Waals surface area contributed by atoms with Gasteiger partial charge in [-0.1, -0.05) is 12.1 Å². The Balaban J connectivity index is 2.06. The molecule has 7 nitrogen and oxygen atoms in total. The van der Waals surface area contributed by atoms with Crippen LogP contribution in [0.15, 0.2) is 41.2 Å². The maximum absolute atomic E-state index is 12.9. The van der Waals surface area contributed by atoms with Gasteiger partial charge in [-0.25, -0.2) is 9.18 Å². The van der Waals surface area contributed by atoms with Crippen molar-refractivity contribution in [2.24, 2.45) is 0 Å². The van der Waals surface area contributed by atoms with Crippen molar-refractivity contribution in [1.82, 2.24) is 15.2 Å². The standard InChI is InChI=1S/C17H19FN4O3/c1-11-3-8-14(21-17(25)19-2)16(24)22(11)10-15(23)20-9-12-4-6-13(18)7-5-12/h3-8H,9-10H2,1-2H3,(H,20,23)(H2,19,21,25). The minimum atomic E-state index is -0.520. The quantitative estimate of drug-likeness (QED) is 0.763. The number of hydrogen-bond donors (Lipinski definition) is 3. The third-order valence-electron chi connectivity index (χ3n) is 3.57. The molecule has 0 fully saturated rings. The maximum Gasteiger partial charge on any atom is 0.319 e. The van der Waals surface area contributed by atoms with Crippen molar-refractivity contribution in [3.05, 3.63) is 63.8 Å². The Bertz CT molecular complexity index is 831. The van der Waals surface area contributed by atoms with Crippen LogP contribution in [-0.4, -0.2) is 23.6 Å². The average molecular weight is 346 g/mol. The van der Waals surface area contributed by atoms with E-state index in [4.69, 9.17) is 0 Å². The summed E-state index contributed by atoms with van der Waals surface area (Å²) in [5, 5.41) is 7.44. The first-order valence-electron chi connectivity index (χ1n) is 7.61. The Hall–Kier alpha value is -3.16. The minimum Gasteiger partial charge on any atom is -0.350 e. The number of pyridine rings is 1. The Kier molecular flexibility index (Phi) is 5.89. The molecule has 0 radical (unpaired) electrons. The number of urea groups is 1. The van der Waals surface area contributed by atoms with Gasteiger partial charge in [0.1, 0.15) is 18.0 Å². The molecule has 0 aliphatic heterocycles. The number of carbonyl (C=O) groups excluding carboxylic acids is 2. The first-order chi connectivity index (χ1) is 11.9. The van der Waals surface area contributed by atoms with Crippen LogP contribution in [0.1, 0.15) is 11.3 Å². The van der Waals surface area contributed by atoms with Crippen molar-refractivity contribution in [2.45, 2.75) is 20.0 Å². The van der Waals surface area contributed by atoms with Gasteiger partial charge in [0.15, 0.2) is 0 Å². The fourth-order valence-corrected chi connectivity index (χ4v) is 2.15. The van der Waals surface area contributed by atoms with Gasteiger partial charge in [0.2, 0.25) is 5.91 Å². The molecule has 0 aliphatic rings. The Morgan fingerprint density at radius 2 is 1.80 bits per heavy atom. The maximum atomic E-state index is 12.9. The van der Waals surface area contributed by atoms with E-state index in [-0.39, 0.29) is 30.5 Å². The van der Waals surface area contributed by atoms with Crippen LogP contribution in [0, 0.1) is 12.7 Å². The van der Waals surface area contributed by atoms with Gasteiger partial charge in [-0.05, 0) is 36.8 Å². The van der Waals surface area contributed by atoms with Crippen LogP contribution in [0.5, 0.6) is 0 Å². The summed E-state index contributed by atoms with van der Waals surface area (Å²) in [5.74, 6) is -0.718. The number of nitrogens with one attached hydrogen (secondary N) is 3. The summed E-state index contributed by atoms with van der Waals surface area (Å²) >= 11 is 0. The molecule has 1 aromatic carbocycles. The van der Waals surface area contributed by atoms with Crippen molar-refractivity contribution >= 4 is 17.6 Å². The van der Waals surface area contributed by atoms with Gasteiger partial charge in [0.25, 0.3) is 5.56 Å². The zero-order chi connectivity index (χ0) is 18.4. The molecule has 0 saturated heterocycles. The number of aryl methyl sites for hydroxylation is 1. The van der Waals surface area contributed by atoms with E-state index in [1.165, 1.54) is 29.8 Å². The molecule has 1 aromatic heterocycles. The number of halogens is 1. The summed E-state index contributed by atoms with van der Waals surface area (Å²) in [5.41, 5.74) is 0.940. The van der Waals surface area contributed by atoms with E-state index in [2.05, 4.69) is 16.0 Å². The smallest absolute Gasteiger partial charge is 0.319 e. The minimum absolute atomic E-state index is 0.0799. The number of anilines is 1. The molecule has 0 unspecified atom stereocenters. The first-order valence-corrected chi connectivity index (χ1v) is 7.61. The average Bonchev–Trinajstić information content (AvgIpc) is 2.60. The van der Waals surface area contributed by atoms with E-state index in [9.17, 15) is 18.8 Å². The van der Waals surface area contributed by atoms with Gasteiger partial charge in [0.05, 0.1) is 0 Å². The zero-order valence-corrected chi connectivity index (χ0v) is 13.9. The summed E-state index contributed by atoms with van der Waals surface area (Å²) in [7, 11) is 1.44. The van der Waals surface area contributed by atoms with E-state index in [0.29, 0.717) is 5.69 Å². The van der Waals surface area contributed by atoms with Gasteiger partial charge in [0, 0.05) is 19.3 Å². The molecule has 25 heavy (non-hydrogen) atoms. The second-order valence-electron chi connectivity index (χ2n) is 5.39. The highest BCUT2D eigenvalue weighted by Gasteiger charge is 2.11. The van der Waals surface area contributed by atoms with Crippen molar-refractivity contribution in [3.8, 4) is 0 Å². The lowest BCUT2D eigenvalue weighted by Crippen LogP contribution is -2.35. The van der Waals surface area contributed by atoms with Crippen LogP contribution in [0.25, 0.3) is 0 Å². The largest absolute Gasteiger partial charge is 0.350 e. The topological polar surface area (TPSA) is 92.2 Å². The Morgan fingerprint density at radius 1 is 1.12 bits per heavy atom. The predicted octanol–water partition coefficient (Wildman–Crippen LogP) is 1.36. The summed E-state index contributed by atoms with van der Waals surface area (Å²) < 4.78 is 14.1. The van der Waals surface area contributed by atoms with Crippen LogP contribution < -0.4 is 21.5 Å². The SMILES string of the molecule is CNC(=O)Nc1ccc(C)n(CC(=O)NCc2ccc(F)cc2)c1=O. The summed E-state index contributed by atoms with van der Waals surface area (Å²) in [6, 6.07) is 8.36. The number of amides is 3. The van der Waals surface area contributed by atoms with E-state index >= 15 is 0 Å². The van der Waals surface area contributed by atoms with Gasteiger partial charge < -0.3 is 20.5 Å². The van der Waals surface area contributed by atoms with Crippen LogP contribution in [0.4, 0.5) is 14.9 Å². The van der Waals surface area contributed by atoms with E-state index in [1.54, 1.807) is 25.1 Å².